The molecule has 10 heteroatoms. The van der Waals surface area contributed by atoms with Gasteiger partial charge in [-0.3, -0.25) is 13.9 Å². The molecule has 0 radical (unpaired) electrons. The van der Waals surface area contributed by atoms with E-state index in [0.29, 0.717) is 28.6 Å². The number of nitrogens with zero attached hydrogens (tertiary/aromatic N) is 2. The predicted molar refractivity (Wildman–Crippen MR) is 159 cm³/mol. The lowest BCUT2D eigenvalue weighted by Crippen LogP contribution is -2.51. The Labute approximate surface area is 242 Å². The smallest absolute Gasteiger partial charge is 0.243 e. The van der Waals surface area contributed by atoms with Gasteiger partial charge in [0.15, 0.2) is 0 Å². The molecule has 0 spiro atoms. The third kappa shape index (κ3) is 9.12. The van der Waals surface area contributed by atoms with Crippen molar-refractivity contribution in [1.29, 1.82) is 0 Å². The van der Waals surface area contributed by atoms with Crippen LogP contribution in [-0.2, 0) is 26.2 Å². The highest BCUT2D eigenvalue weighted by atomic mass is 35.5. The van der Waals surface area contributed by atoms with Crippen LogP contribution in [0.3, 0.4) is 0 Å². The highest BCUT2D eigenvalue weighted by Crippen LogP contribution is 2.25. The predicted octanol–water partition coefficient (Wildman–Crippen LogP) is 6.10. The van der Waals surface area contributed by atoms with E-state index in [4.69, 9.17) is 23.2 Å². The first-order chi connectivity index (χ1) is 18.5. The minimum absolute atomic E-state index is 0.0896. The van der Waals surface area contributed by atoms with E-state index in [2.05, 4.69) is 5.32 Å². The van der Waals surface area contributed by atoms with Gasteiger partial charge in [-0.15, -0.1) is 0 Å². The molecule has 1 aliphatic rings. The number of sulfonamides is 1. The molecular formula is C29H39Cl2N3O4S. The van der Waals surface area contributed by atoms with E-state index < -0.39 is 16.1 Å². The van der Waals surface area contributed by atoms with Crippen molar-refractivity contribution >= 4 is 50.7 Å². The Morgan fingerprint density at radius 2 is 1.77 bits per heavy atom. The summed E-state index contributed by atoms with van der Waals surface area (Å²) in [5.41, 5.74) is 2.27. The van der Waals surface area contributed by atoms with Crippen LogP contribution < -0.4 is 9.62 Å². The fourth-order valence-corrected chi connectivity index (χ4v) is 6.36. The molecule has 1 N–H and O–H groups in total. The Balaban J connectivity index is 1.78. The van der Waals surface area contributed by atoms with Gasteiger partial charge in [0.05, 0.1) is 22.0 Å². The van der Waals surface area contributed by atoms with E-state index in [1.807, 2.05) is 32.0 Å². The van der Waals surface area contributed by atoms with Crippen molar-refractivity contribution in [3.8, 4) is 0 Å². The van der Waals surface area contributed by atoms with Gasteiger partial charge in [-0.1, -0.05) is 67.6 Å². The van der Waals surface area contributed by atoms with Gasteiger partial charge in [0, 0.05) is 25.6 Å². The molecule has 214 valence electrons. The van der Waals surface area contributed by atoms with Crippen LogP contribution in [-0.4, -0.2) is 50.0 Å². The second kappa shape index (κ2) is 14.4. The van der Waals surface area contributed by atoms with Gasteiger partial charge in [-0.05, 0) is 68.0 Å². The van der Waals surface area contributed by atoms with E-state index >= 15 is 0 Å². The number of carbonyl (C=O) groups excluding carboxylic acids is 2. The van der Waals surface area contributed by atoms with Crippen LogP contribution >= 0.6 is 23.2 Å². The summed E-state index contributed by atoms with van der Waals surface area (Å²) in [4.78, 5) is 28.6. The first kappa shape index (κ1) is 31.2. The number of amides is 2. The van der Waals surface area contributed by atoms with Crippen LogP contribution in [0.15, 0.2) is 42.5 Å². The molecule has 2 aromatic rings. The minimum atomic E-state index is -3.54. The van der Waals surface area contributed by atoms with E-state index in [1.165, 1.54) is 10.7 Å². The summed E-state index contributed by atoms with van der Waals surface area (Å²) in [6, 6.07) is 11.9. The van der Waals surface area contributed by atoms with Crippen LogP contribution in [0, 0.1) is 6.92 Å². The number of aryl methyl sites for hydroxylation is 1. The number of benzene rings is 2. The van der Waals surface area contributed by atoms with Crippen molar-refractivity contribution in [1.82, 2.24) is 10.2 Å². The SMILES string of the molecule is CC[C@@H](C(=O)NC1CCCCC1)N(Cc1ccc(Cl)c(Cl)c1)C(=O)CCCN(c1cccc(C)c1)S(C)(=O)=O. The van der Waals surface area contributed by atoms with E-state index in [1.54, 1.807) is 29.2 Å². The average molecular weight is 597 g/mol. The van der Waals surface area contributed by atoms with Crippen molar-refractivity contribution in [3.63, 3.8) is 0 Å². The first-order valence-corrected chi connectivity index (χ1v) is 16.2. The lowest BCUT2D eigenvalue weighted by Gasteiger charge is -2.33. The maximum absolute atomic E-state index is 13.6. The summed E-state index contributed by atoms with van der Waals surface area (Å²) in [5.74, 6) is -0.375. The van der Waals surface area contributed by atoms with Gasteiger partial charge in [0.1, 0.15) is 6.04 Å². The molecule has 2 aromatic carbocycles. The summed E-state index contributed by atoms with van der Waals surface area (Å²) >= 11 is 12.3. The number of hydrogen-bond acceptors (Lipinski definition) is 4. The molecule has 1 saturated carbocycles. The zero-order valence-electron chi connectivity index (χ0n) is 23.0. The Morgan fingerprint density at radius 3 is 2.38 bits per heavy atom. The summed E-state index contributed by atoms with van der Waals surface area (Å²) in [6.07, 6.45) is 7.26. The normalized spacial score (nSPS) is 15.0. The molecule has 3 rings (SSSR count). The zero-order valence-corrected chi connectivity index (χ0v) is 25.3. The van der Waals surface area contributed by atoms with Crippen LogP contribution in [0.2, 0.25) is 10.0 Å². The largest absolute Gasteiger partial charge is 0.352 e. The lowest BCUT2D eigenvalue weighted by atomic mass is 9.95. The second-order valence-electron chi connectivity index (χ2n) is 10.3. The average Bonchev–Trinajstić information content (AvgIpc) is 2.88. The van der Waals surface area contributed by atoms with Crippen LogP contribution in [0.25, 0.3) is 0 Å². The van der Waals surface area contributed by atoms with Crippen molar-refractivity contribution in [3.05, 3.63) is 63.6 Å². The highest BCUT2D eigenvalue weighted by Gasteiger charge is 2.30. The molecule has 7 nitrogen and oxygen atoms in total. The Morgan fingerprint density at radius 1 is 1.05 bits per heavy atom. The number of rotatable bonds is 12. The van der Waals surface area contributed by atoms with Gasteiger partial charge in [-0.25, -0.2) is 8.42 Å². The van der Waals surface area contributed by atoms with Crippen molar-refractivity contribution in [2.24, 2.45) is 0 Å². The molecule has 39 heavy (non-hydrogen) atoms. The van der Waals surface area contributed by atoms with Crippen LogP contribution in [0.5, 0.6) is 0 Å². The van der Waals surface area contributed by atoms with Gasteiger partial charge >= 0.3 is 0 Å². The molecule has 0 aliphatic heterocycles. The van der Waals surface area contributed by atoms with Gasteiger partial charge < -0.3 is 10.2 Å². The maximum Gasteiger partial charge on any atom is 0.243 e. The maximum atomic E-state index is 13.6. The summed E-state index contributed by atoms with van der Waals surface area (Å²) < 4.78 is 26.4. The van der Waals surface area contributed by atoms with Crippen molar-refractivity contribution in [2.45, 2.75) is 83.8 Å². The quantitative estimate of drug-likeness (QED) is 0.321. The molecule has 1 aliphatic carbocycles. The monoisotopic (exact) mass is 595 g/mol. The highest BCUT2D eigenvalue weighted by molar-refractivity contribution is 7.92. The fourth-order valence-electron chi connectivity index (χ4n) is 5.09. The molecule has 0 saturated heterocycles. The molecule has 1 fully saturated rings. The van der Waals surface area contributed by atoms with Gasteiger partial charge in [0.2, 0.25) is 21.8 Å². The minimum Gasteiger partial charge on any atom is -0.352 e. The standard InChI is InChI=1S/C29H39Cl2N3O4S/c1-4-27(29(36)32-23-11-6-5-7-12-23)33(20-22-15-16-25(30)26(31)19-22)28(35)14-9-17-34(39(3,37)38)24-13-8-10-21(2)18-24/h8,10,13,15-16,18-19,23,27H,4-7,9,11-12,14,17,20H2,1-3H3,(H,32,36)/t27-/m0/s1. The Hall–Kier alpha value is -2.29. The van der Waals surface area contributed by atoms with E-state index in [9.17, 15) is 18.0 Å². The lowest BCUT2D eigenvalue weighted by molar-refractivity contribution is -0.141. The van der Waals surface area contributed by atoms with Crippen molar-refractivity contribution < 1.29 is 18.0 Å². The topological polar surface area (TPSA) is 86.8 Å². The fraction of sp³-hybridized carbons (Fsp3) is 0.517. The molecule has 0 aromatic heterocycles. The van der Waals surface area contributed by atoms with Gasteiger partial charge in [0.25, 0.3) is 0 Å². The Bertz CT molecular complexity index is 1250. The third-order valence-corrected chi connectivity index (χ3v) is 9.05. The second-order valence-corrected chi connectivity index (χ2v) is 13.0. The molecule has 2 amide bonds. The molecular weight excluding hydrogens is 557 g/mol. The summed E-state index contributed by atoms with van der Waals surface area (Å²) in [7, 11) is -3.54. The van der Waals surface area contributed by atoms with Crippen molar-refractivity contribution in [2.75, 3.05) is 17.1 Å². The molecule has 0 unspecified atom stereocenters. The molecule has 1 atom stereocenters. The van der Waals surface area contributed by atoms with Gasteiger partial charge in [-0.2, -0.15) is 0 Å². The number of anilines is 1. The van der Waals surface area contributed by atoms with E-state index in [0.717, 1.165) is 43.1 Å². The first-order valence-electron chi connectivity index (χ1n) is 13.6. The summed E-state index contributed by atoms with van der Waals surface area (Å²) in [6.45, 7) is 4.14. The summed E-state index contributed by atoms with van der Waals surface area (Å²) in [5, 5.41) is 3.96. The van der Waals surface area contributed by atoms with E-state index in [-0.39, 0.29) is 37.4 Å². The molecule has 0 heterocycles. The zero-order chi connectivity index (χ0) is 28.6. The number of hydrogen-bond donors (Lipinski definition) is 1. The van der Waals surface area contributed by atoms with Crippen LogP contribution in [0.4, 0.5) is 5.69 Å². The number of carbonyl (C=O) groups is 2. The number of nitrogens with one attached hydrogen (secondary N) is 1. The Kier molecular flexibility index (Phi) is 11.5. The third-order valence-electron chi connectivity index (χ3n) is 7.12. The van der Waals surface area contributed by atoms with Crippen LogP contribution in [0.1, 0.15) is 69.4 Å². The molecule has 0 bridgehead atoms. The number of halogens is 2.